The van der Waals surface area contributed by atoms with Gasteiger partial charge >= 0.3 is 0 Å². The molecule has 0 radical (unpaired) electrons. The molecule has 0 spiro atoms. The van der Waals surface area contributed by atoms with E-state index in [1.54, 1.807) is 18.3 Å². The van der Waals surface area contributed by atoms with Crippen molar-refractivity contribution in [1.29, 1.82) is 0 Å². The van der Waals surface area contributed by atoms with Gasteiger partial charge in [0.2, 0.25) is 0 Å². The van der Waals surface area contributed by atoms with Crippen molar-refractivity contribution < 1.29 is 4.79 Å². The van der Waals surface area contributed by atoms with E-state index in [4.69, 9.17) is 0 Å². The fourth-order valence-corrected chi connectivity index (χ4v) is 3.12. The van der Waals surface area contributed by atoms with E-state index in [1.807, 2.05) is 48.5 Å². The fraction of sp³-hybridized carbons (Fsp3) is 0. The van der Waals surface area contributed by atoms with Crippen LogP contribution in [0.2, 0.25) is 0 Å². The molecule has 1 amide bonds. The number of amidine groups is 1. The van der Waals surface area contributed by atoms with Crippen LogP contribution in [-0.2, 0) is 4.79 Å². The Labute approximate surface area is 142 Å². The van der Waals surface area contributed by atoms with Crippen LogP contribution >= 0.6 is 11.8 Å². The summed E-state index contributed by atoms with van der Waals surface area (Å²) in [4.78, 5) is 25.7. The summed E-state index contributed by atoms with van der Waals surface area (Å²) < 4.78 is 0. The fourth-order valence-electron chi connectivity index (χ4n) is 2.30. The normalized spacial score (nSPS) is 17.6. The van der Waals surface area contributed by atoms with Crippen molar-refractivity contribution in [3.63, 3.8) is 0 Å². The lowest BCUT2D eigenvalue weighted by molar-refractivity contribution is -0.115. The molecule has 1 fully saturated rings. The number of hydrogen-bond donors (Lipinski definition) is 1. The van der Waals surface area contributed by atoms with Crippen LogP contribution in [0, 0.1) is 0 Å². The van der Waals surface area contributed by atoms with Gasteiger partial charge in [-0.2, -0.15) is 0 Å². The van der Waals surface area contributed by atoms with Crippen molar-refractivity contribution in [2.24, 2.45) is 4.99 Å². The monoisotopic (exact) mass is 332 g/mol. The highest BCUT2D eigenvalue weighted by atomic mass is 32.2. The number of para-hydroxylation sites is 1. The zero-order valence-corrected chi connectivity index (χ0v) is 13.3. The molecule has 0 atom stereocenters. The summed E-state index contributed by atoms with van der Waals surface area (Å²) in [5.41, 5.74) is 1.64. The Balaban J connectivity index is 1.62. The van der Waals surface area contributed by atoms with Crippen LogP contribution in [0.5, 0.6) is 0 Å². The third kappa shape index (κ3) is 3.04. The lowest BCUT2D eigenvalue weighted by atomic mass is 10.2. The van der Waals surface area contributed by atoms with Crippen LogP contribution in [0.25, 0.3) is 17.0 Å². The molecule has 0 aliphatic carbocycles. The minimum Gasteiger partial charge on any atom is -0.300 e. The van der Waals surface area contributed by atoms with Gasteiger partial charge in [0.25, 0.3) is 5.91 Å². The lowest BCUT2D eigenvalue weighted by Gasteiger charge is -1.99. The molecule has 0 bridgehead atoms. The van der Waals surface area contributed by atoms with E-state index in [9.17, 15) is 4.79 Å². The maximum atomic E-state index is 12.1. The van der Waals surface area contributed by atoms with E-state index in [0.29, 0.717) is 15.9 Å². The number of nitrogens with one attached hydrogen (secondary N) is 1. The Kier molecular flexibility index (Phi) is 3.80. The number of pyridine rings is 2. The van der Waals surface area contributed by atoms with Crippen LogP contribution in [-0.4, -0.2) is 21.0 Å². The van der Waals surface area contributed by atoms with Gasteiger partial charge in [0.05, 0.1) is 16.1 Å². The number of benzene rings is 1. The molecule has 0 unspecified atom stereocenters. The highest BCUT2D eigenvalue weighted by Crippen LogP contribution is 2.27. The van der Waals surface area contributed by atoms with Crippen LogP contribution in [0.4, 0.5) is 5.82 Å². The number of amides is 1. The molecular weight excluding hydrogens is 320 g/mol. The first-order valence-electron chi connectivity index (χ1n) is 7.34. The van der Waals surface area contributed by atoms with Gasteiger partial charge in [-0.05, 0) is 42.1 Å². The molecule has 0 saturated carbocycles. The minimum absolute atomic E-state index is 0.176. The van der Waals surface area contributed by atoms with Crippen molar-refractivity contribution in [3.05, 3.63) is 71.4 Å². The summed E-state index contributed by atoms with van der Waals surface area (Å²) in [6, 6.07) is 17.2. The van der Waals surface area contributed by atoms with E-state index in [1.165, 1.54) is 11.8 Å². The first kappa shape index (κ1) is 14.6. The maximum absolute atomic E-state index is 12.1. The second kappa shape index (κ2) is 6.25. The van der Waals surface area contributed by atoms with Gasteiger partial charge < -0.3 is 5.32 Å². The smallest absolute Gasteiger partial charge is 0.264 e. The summed E-state index contributed by atoms with van der Waals surface area (Å²) in [5.74, 6) is 0.384. The van der Waals surface area contributed by atoms with Gasteiger partial charge in [0, 0.05) is 11.6 Å². The third-order valence-corrected chi connectivity index (χ3v) is 4.33. The van der Waals surface area contributed by atoms with Crippen molar-refractivity contribution in [3.8, 4) is 0 Å². The van der Waals surface area contributed by atoms with E-state index in [2.05, 4.69) is 20.3 Å². The van der Waals surface area contributed by atoms with Gasteiger partial charge in [0.15, 0.2) is 11.0 Å². The summed E-state index contributed by atoms with van der Waals surface area (Å²) in [6.07, 6.45) is 3.43. The first-order chi connectivity index (χ1) is 11.8. The molecule has 2 aromatic heterocycles. The van der Waals surface area contributed by atoms with Crippen molar-refractivity contribution in [2.45, 2.75) is 0 Å². The van der Waals surface area contributed by atoms with E-state index < -0.39 is 0 Å². The Morgan fingerprint density at radius 1 is 1.04 bits per heavy atom. The molecule has 116 valence electrons. The average Bonchev–Trinajstić information content (AvgIpc) is 2.95. The average molecular weight is 332 g/mol. The van der Waals surface area contributed by atoms with E-state index in [0.717, 1.165) is 16.6 Å². The maximum Gasteiger partial charge on any atom is 0.264 e. The molecule has 1 saturated heterocycles. The molecule has 3 aromatic rings. The number of carbonyl (C=O) groups excluding carboxylic acids is 1. The van der Waals surface area contributed by atoms with Gasteiger partial charge in [-0.25, -0.2) is 15.0 Å². The number of thioether (sulfide) groups is 1. The Bertz CT molecular complexity index is 982. The molecule has 6 heteroatoms. The largest absolute Gasteiger partial charge is 0.300 e. The number of hydrogen-bond acceptors (Lipinski definition) is 5. The number of fused-ring (bicyclic) bond motifs is 1. The highest BCUT2D eigenvalue weighted by Gasteiger charge is 2.24. The molecule has 24 heavy (non-hydrogen) atoms. The SMILES string of the molecule is O=C1NC(=Nc2ccccn2)S/C1=C\c1ccc2ccccc2n1. The molecule has 1 aliphatic rings. The summed E-state index contributed by atoms with van der Waals surface area (Å²) in [6.45, 7) is 0. The molecule has 4 rings (SSSR count). The number of nitrogens with zero attached hydrogens (tertiary/aromatic N) is 3. The van der Waals surface area contributed by atoms with Crippen LogP contribution in [0.3, 0.4) is 0 Å². The van der Waals surface area contributed by atoms with Gasteiger partial charge in [-0.3, -0.25) is 4.79 Å². The Morgan fingerprint density at radius 3 is 2.79 bits per heavy atom. The Hall–Kier alpha value is -2.99. The molecule has 1 N–H and O–H groups in total. The van der Waals surface area contributed by atoms with E-state index in [-0.39, 0.29) is 5.91 Å². The highest BCUT2D eigenvalue weighted by molar-refractivity contribution is 8.18. The van der Waals surface area contributed by atoms with Gasteiger partial charge in [-0.1, -0.05) is 30.3 Å². The minimum atomic E-state index is -0.176. The zero-order chi connectivity index (χ0) is 16.4. The summed E-state index contributed by atoms with van der Waals surface area (Å²) in [7, 11) is 0. The van der Waals surface area contributed by atoms with Crippen molar-refractivity contribution in [1.82, 2.24) is 15.3 Å². The first-order valence-corrected chi connectivity index (χ1v) is 8.16. The number of aliphatic imine (C=N–C) groups is 1. The topological polar surface area (TPSA) is 67.2 Å². The molecule has 3 heterocycles. The predicted molar refractivity (Wildman–Crippen MR) is 96.8 cm³/mol. The lowest BCUT2D eigenvalue weighted by Crippen LogP contribution is -2.19. The standard InChI is InChI=1S/C18H12N4OS/c23-17-15(24-18(22-17)21-16-7-3-4-10-19-16)11-13-9-8-12-5-1-2-6-14(12)20-13/h1-11H,(H,19,21,22,23)/b15-11-. The zero-order valence-electron chi connectivity index (χ0n) is 12.5. The van der Waals surface area contributed by atoms with Gasteiger partial charge in [0.1, 0.15) is 0 Å². The summed E-state index contributed by atoms with van der Waals surface area (Å²) in [5, 5.41) is 4.34. The summed E-state index contributed by atoms with van der Waals surface area (Å²) >= 11 is 1.28. The second-order valence-electron chi connectivity index (χ2n) is 5.10. The van der Waals surface area contributed by atoms with Crippen LogP contribution < -0.4 is 5.32 Å². The molecule has 5 nitrogen and oxygen atoms in total. The molecule has 1 aliphatic heterocycles. The predicted octanol–water partition coefficient (Wildman–Crippen LogP) is 3.52. The molecular formula is C18H12N4OS. The Morgan fingerprint density at radius 2 is 1.92 bits per heavy atom. The molecule has 1 aromatic carbocycles. The number of rotatable bonds is 2. The van der Waals surface area contributed by atoms with Crippen LogP contribution in [0.15, 0.2) is 70.7 Å². The van der Waals surface area contributed by atoms with Crippen molar-refractivity contribution >= 4 is 45.6 Å². The number of carbonyl (C=O) groups is 1. The van der Waals surface area contributed by atoms with Gasteiger partial charge in [-0.15, -0.1) is 0 Å². The second-order valence-corrected chi connectivity index (χ2v) is 6.13. The van der Waals surface area contributed by atoms with Crippen LogP contribution in [0.1, 0.15) is 5.69 Å². The van der Waals surface area contributed by atoms with Crippen molar-refractivity contribution in [2.75, 3.05) is 0 Å². The third-order valence-electron chi connectivity index (χ3n) is 3.42. The number of aromatic nitrogens is 2. The quantitative estimate of drug-likeness (QED) is 0.729. The van der Waals surface area contributed by atoms with E-state index >= 15 is 0 Å².